The predicted octanol–water partition coefficient (Wildman–Crippen LogP) is 9.39. The lowest BCUT2D eigenvalue weighted by atomic mass is 10.0. The monoisotopic (exact) mass is 456 g/mol. The molecule has 0 saturated heterocycles. The van der Waals surface area contributed by atoms with Gasteiger partial charge in [-0.25, -0.2) is 0 Å². The van der Waals surface area contributed by atoms with Crippen LogP contribution in [0.5, 0.6) is 0 Å². The Hall–Kier alpha value is -2.11. The first-order valence-corrected chi connectivity index (χ1v) is 13.4. The second-order valence-corrected chi connectivity index (χ2v) is 11.9. The van der Waals surface area contributed by atoms with Gasteiger partial charge in [-0.15, -0.1) is 45.8 Å². The van der Waals surface area contributed by atoms with Crippen LogP contribution in [0.4, 0.5) is 0 Å². The molecule has 0 aliphatic carbocycles. The van der Waals surface area contributed by atoms with E-state index in [9.17, 15) is 0 Å². The standard InChI is InChI=1S/C26H16S4/c1-3-7-21-17(5-1)19(13-27-21)25-10-15-9-16-11-26(30-24(16)12-23(15)29-25)20-14-28-22-8-4-2-6-18(20)22/h1-10,12-14,26H,11H2. The normalized spacial score (nSPS) is 16.1. The minimum Gasteiger partial charge on any atom is -0.143 e. The third-order valence-electron chi connectivity index (χ3n) is 5.98. The van der Waals surface area contributed by atoms with Gasteiger partial charge in [-0.2, -0.15) is 0 Å². The summed E-state index contributed by atoms with van der Waals surface area (Å²) in [5.74, 6) is 0. The Balaban J connectivity index is 1.28. The highest BCUT2D eigenvalue weighted by Crippen LogP contribution is 2.51. The van der Waals surface area contributed by atoms with E-state index in [1.165, 1.54) is 56.7 Å². The van der Waals surface area contributed by atoms with E-state index < -0.39 is 0 Å². The summed E-state index contributed by atoms with van der Waals surface area (Å²) in [5.41, 5.74) is 4.39. The minimum atomic E-state index is 0.535. The van der Waals surface area contributed by atoms with Crippen molar-refractivity contribution >= 4 is 76.0 Å². The molecule has 30 heavy (non-hydrogen) atoms. The topological polar surface area (TPSA) is 0 Å². The molecule has 0 bridgehead atoms. The minimum absolute atomic E-state index is 0.535. The number of fused-ring (bicyclic) bond motifs is 4. The van der Waals surface area contributed by atoms with Gasteiger partial charge in [-0.3, -0.25) is 0 Å². The van der Waals surface area contributed by atoms with Crippen LogP contribution in [0.2, 0.25) is 0 Å². The summed E-state index contributed by atoms with van der Waals surface area (Å²) in [6.07, 6.45) is 1.13. The molecule has 1 unspecified atom stereocenters. The lowest BCUT2D eigenvalue weighted by Gasteiger charge is -2.06. The number of hydrogen-bond donors (Lipinski definition) is 0. The molecule has 3 aromatic carbocycles. The van der Waals surface area contributed by atoms with E-state index in [2.05, 4.69) is 77.5 Å². The molecule has 1 aliphatic rings. The van der Waals surface area contributed by atoms with Gasteiger partial charge in [0, 0.05) is 45.5 Å². The highest BCUT2D eigenvalue weighted by Gasteiger charge is 2.26. The van der Waals surface area contributed by atoms with Crippen molar-refractivity contribution in [3.05, 3.63) is 88.6 Å². The third-order valence-corrected chi connectivity index (χ3v) is 10.4. The van der Waals surface area contributed by atoms with Crippen LogP contribution in [0.3, 0.4) is 0 Å². The van der Waals surface area contributed by atoms with Gasteiger partial charge in [0.15, 0.2) is 0 Å². The van der Waals surface area contributed by atoms with Gasteiger partial charge in [-0.1, -0.05) is 36.4 Å². The Kier molecular flexibility index (Phi) is 3.92. The maximum absolute atomic E-state index is 2.45. The molecule has 0 spiro atoms. The van der Waals surface area contributed by atoms with Crippen molar-refractivity contribution in [2.45, 2.75) is 16.6 Å². The van der Waals surface area contributed by atoms with E-state index in [4.69, 9.17) is 0 Å². The summed E-state index contributed by atoms with van der Waals surface area (Å²) in [7, 11) is 0. The summed E-state index contributed by atoms with van der Waals surface area (Å²) >= 11 is 7.70. The van der Waals surface area contributed by atoms with Crippen molar-refractivity contribution in [3.8, 4) is 10.4 Å². The zero-order chi connectivity index (χ0) is 19.7. The van der Waals surface area contributed by atoms with E-state index in [-0.39, 0.29) is 0 Å². The van der Waals surface area contributed by atoms with Crippen LogP contribution < -0.4 is 0 Å². The van der Waals surface area contributed by atoms with Gasteiger partial charge in [0.25, 0.3) is 0 Å². The lowest BCUT2D eigenvalue weighted by molar-refractivity contribution is 0.964. The van der Waals surface area contributed by atoms with Crippen molar-refractivity contribution in [2.75, 3.05) is 0 Å². The second-order valence-electron chi connectivity index (χ2n) is 7.75. The second kappa shape index (κ2) is 6.69. The summed E-state index contributed by atoms with van der Waals surface area (Å²) in [6, 6.07) is 24.8. The summed E-state index contributed by atoms with van der Waals surface area (Å²) in [5, 5.41) is 9.42. The SMILES string of the molecule is c1ccc2c(-c3cc4cc5c(cc4s3)SC(c3csc4ccccc34)C5)csc2c1. The molecular formula is C26H16S4. The zero-order valence-corrected chi connectivity index (χ0v) is 19.2. The van der Waals surface area contributed by atoms with Crippen LogP contribution in [0.15, 0.2) is 82.4 Å². The Bertz CT molecular complexity index is 1520. The van der Waals surface area contributed by atoms with Crippen molar-refractivity contribution in [1.29, 1.82) is 0 Å². The molecule has 1 atom stereocenters. The van der Waals surface area contributed by atoms with Crippen LogP contribution in [0.1, 0.15) is 16.4 Å². The van der Waals surface area contributed by atoms with E-state index in [0.29, 0.717) is 5.25 Å². The van der Waals surface area contributed by atoms with Crippen LogP contribution in [0.25, 0.3) is 40.7 Å². The maximum Gasteiger partial charge on any atom is 0.0399 e. The molecule has 0 radical (unpaired) electrons. The van der Waals surface area contributed by atoms with E-state index in [1.807, 2.05) is 45.8 Å². The molecule has 0 amide bonds. The lowest BCUT2D eigenvalue weighted by Crippen LogP contribution is -1.90. The average Bonchev–Trinajstić information content (AvgIpc) is 3.53. The van der Waals surface area contributed by atoms with Gasteiger partial charge in [0.2, 0.25) is 0 Å². The molecule has 3 aromatic heterocycles. The largest absolute Gasteiger partial charge is 0.143 e. The quantitative estimate of drug-likeness (QED) is 0.250. The Labute approximate surface area is 190 Å². The Morgan fingerprint density at radius 3 is 2.40 bits per heavy atom. The van der Waals surface area contributed by atoms with Crippen LogP contribution >= 0.6 is 45.8 Å². The average molecular weight is 457 g/mol. The molecule has 7 rings (SSSR count). The number of thiophene rings is 3. The van der Waals surface area contributed by atoms with Gasteiger partial charge in [0.1, 0.15) is 0 Å². The fourth-order valence-corrected chi connectivity index (χ4v) is 9.20. The van der Waals surface area contributed by atoms with E-state index in [1.54, 1.807) is 0 Å². The van der Waals surface area contributed by atoms with Crippen LogP contribution in [0, 0.1) is 0 Å². The van der Waals surface area contributed by atoms with E-state index >= 15 is 0 Å². The molecule has 0 fully saturated rings. The summed E-state index contributed by atoms with van der Waals surface area (Å²) < 4.78 is 4.17. The first-order chi connectivity index (χ1) is 14.8. The first-order valence-electron chi connectivity index (χ1n) is 9.99. The van der Waals surface area contributed by atoms with Gasteiger partial charge in [0.05, 0.1) is 0 Å². The molecule has 0 nitrogen and oxygen atoms in total. The Morgan fingerprint density at radius 2 is 1.50 bits per heavy atom. The predicted molar refractivity (Wildman–Crippen MR) is 137 cm³/mol. The zero-order valence-electron chi connectivity index (χ0n) is 15.9. The first kappa shape index (κ1) is 17.6. The van der Waals surface area contributed by atoms with Crippen molar-refractivity contribution in [3.63, 3.8) is 0 Å². The highest BCUT2D eigenvalue weighted by atomic mass is 32.2. The molecule has 6 aromatic rings. The molecule has 0 saturated carbocycles. The third kappa shape index (κ3) is 2.64. The number of benzene rings is 3. The maximum atomic E-state index is 2.45. The molecule has 0 N–H and O–H groups in total. The fourth-order valence-electron chi connectivity index (χ4n) is 4.50. The number of rotatable bonds is 2. The summed E-state index contributed by atoms with van der Waals surface area (Å²) in [4.78, 5) is 2.85. The van der Waals surface area contributed by atoms with Crippen molar-refractivity contribution in [2.24, 2.45) is 0 Å². The van der Waals surface area contributed by atoms with Crippen molar-refractivity contribution < 1.29 is 0 Å². The number of hydrogen-bond acceptors (Lipinski definition) is 4. The smallest absolute Gasteiger partial charge is 0.0399 e. The van der Waals surface area contributed by atoms with Crippen molar-refractivity contribution in [1.82, 2.24) is 0 Å². The summed E-state index contributed by atoms with van der Waals surface area (Å²) in [6.45, 7) is 0. The van der Waals surface area contributed by atoms with E-state index in [0.717, 1.165) is 6.42 Å². The van der Waals surface area contributed by atoms with Gasteiger partial charge >= 0.3 is 0 Å². The number of thioether (sulfide) groups is 1. The van der Waals surface area contributed by atoms with Crippen LogP contribution in [-0.2, 0) is 6.42 Å². The molecule has 4 heterocycles. The highest BCUT2D eigenvalue weighted by molar-refractivity contribution is 8.00. The molecular weight excluding hydrogens is 441 g/mol. The van der Waals surface area contributed by atoms with Gasteiger partial charge < -0.3 is 0 Å². The van der Waals surface area contributed by atoms with Gasteiger partial charge in [-0.05, 0) is 64.0 Å². The fraction of sp³-hybridized carbons (Fsp3) is 0.0769. The molecule has 1 aliphatic heterocycles. The molecule has 4 heteroatoms. The van der Waals surface area contributed by atoms with Crippen LogP contribution in [-0.4, -0.2) is 0 Å². The molecule has 144 valence electrons. The Morgan fingerprint density at radius 1 is 0.733 bits per heavy atom.